The van der Waals surface area contributed by atoms with E-state index in [0.717, 1.165) is 58.8 Å². The van der Waals surface area contributed by atoms with E-state index in [-0.39, 0.29) is 6.04 Å². The summed E-state index contributed by atoms with van der Waals surface area (Å²) in [6.45, 7) is 9.72. The number of nitrogens with one attached hydrogen (secondary N) is 2. The predicted octanol–water partition coefficient (Wildman–Crippen LogP) is -0.898. The van der Waals surface area contributed by atoms with Crippen LogP contribution in [0.15, 0.2) is 0 Å². The van der Waals surface area contributed by atoms with E-state index in [1.807, 2.05) is 4.90 Å². The van der Waals surface area contributed by atoms with Crippen LogP contribution in [0.3, 0.4) is 0 Å². The van der Waals surface area contributed by atoms with E-state index in [1.54, 1.807) is 0 Å². The molecule has 17 heavy (non-hydrogen) atoms. The van der Waals surface area contributed by atoms with Gasteiger partial charge in [-0.05, 0) is 19.9 Å². The van der Waals surface area contributed by atoms with Crippen LogP contribution in [0.4, 0.5) is 0 Å². The summed E-state index contributed by atoms with van der Waals surface area (Å²) in [4.78, 5) is 16.7. The van der Waals surface area contributed by atoms with E-state index in [1.165, 1.54) is 0 Å². The Labute approximate surface area is 104 Å². The molecule has 0 saturated carbocycles. The van der Waals surface area contributed by atoms with Gasteiger partial charge in [-0.2, -0.15) is 0 Å². The molecule has 2 aliphatic rings. The van der Waals surface area contributed by atoms with Crippen LogP contribution in [0.1, 0.15) is 13.3 Å². The van der Waals surface area contributed by atoms with Gasteiger partial charge in [-0.25, -0.2) is 0 Å². The van der Waals surface area contributed by atoms with Gasteiger partial charge >= 0.3 is 0 Å². The maximum Gasteiger partial charge on any atom is 0.239 e. The quantitative estimate of drug-likeness (QED) is 0.657. The van der Waals surface area contributed by atoms with Gasteiger partial charge in [-0.15, -0.1) is 0 Å². The molecule has 0 radical (unpaired) electrons. The third-order valence-electron chi connectivity index (χ3n) is 3.71. The van der Waals surface area contributed by atoms with Crippen LogP contribution in [0, 0.1) is 0 Å². The standard InChI is InChI=1S/C12H24N4O/c1-11(15-7-2-3-13-4-8-15)12(17)16-9-5-14-6-10-16/h11,13-14H,2-10H2,1H3. The van der Waals surface area contributed by atoms with E-state index in [4.69, 9.17) is 0 Å². The average Bonchev–Trinajstić information content (AvgIpc) is 2.67. The van der Waals surface area contributed by atoms with E-state index in [9.17, 15) is 4.79 Å². The molecule has 2 fully saturated rings. The number of carbonyl (C=O) groups is 1. The maximum atomic E-state index is 12.3. The molecule has 2 rings (SSSR count). The molecule has 0 aromatic carbocycles. The number of rotatable bonds is 2. The molecule has 0 aromatic heterocycles. The van der Waals surface area contributed by atoms with Crippen LogP contribution in [0.5, 0.6) is 0 Å². The van der Waals surface area contributed by atoms with Gasteiger partial charge in [0.25, 0.3) is 0 Å². The summed E-state index contributed by atoms with van der Waals surface area (Å²) in [5, 5.41) is 6.65. The van der Waals surface area contributed by atoms with Crippen molar-refractivity contribution < 1.29 is 4.79 Å². The summed E-state index contributed by atoms with van der Waals surface area (Å²) in [5.74, 6) is 0.299. The van der Waals surface area contributed by atoms with Crippen LogP contribution in [-0.4, -0.2) is 74.1 Å². The lowest BCUT2D eigenvalue weighted by molar-refractivity contribution is -0.136. The smallest absolute Gasteiger partial charge is 0.239 e. The van der Waals surface area contributed by atoms with Crippen molar-refractivity contribution in [3.05, 3.63) is 0 Å². The van der Waals surface area contributed by atoms with Crippen molar-refractivity contribution in [2.75, 3.05) is 52.4 Å². The second-order valence-corrected chi connectivity index (χ2v) is 4.89. The van der Waals surface area contributed by atoms with Crippen LogP contribution in [0.2, 0.25) is 0 Å². The second kappa shape index (κ2) is 6.33. The van der Waals surface area contributed by atoms with Crippen LogP contribution >= 0.6 is 0 Å². The van der Waals surface area contributed by atoms with Crippen molar-refractivity contribution in [2.45, 2.75) is 19.4 Å². The monoisotopic (exact) mass is 240 g/mol. The molecule has 98 valence electrons. The molecule has 5 nitrogen and oxygen atoms in total. The normalized spacial score (nSPS) is 25.4. The summed E-state index contributed by atoms with van der Waals surface area (Å²) >= 11 is 0. The first-order chi connectivity index (χ1) is 8.29. The molecule has 1 atom stereocenters. The number of amides is 1. The highest BCUT2D eigenvalue weighted by atomic mass is 16.2. The van der Waals surface area contributed by atoms with Gasteiger partial charge < -0.3 is 15.5 Å². The predicted molar refractivity (Wildman–Crippen MR) is 68.0 cm³/mol. The maximum absolute atomic E-state index is 12.3. The highest BCUT2D eigenvalue weighted by Crippen LogP contribution is 2.07. The molecular weight excluding hydrogens is 216 g/mol. The Morgan fingerprint density at radius 2 is 1.65 bits per heavy atom. The van der Waals surface area contributed by atoms with Gasteiger partial charge in [0.05, 0.1) is 6.04 Å². The Kier molecular flexibility index (Phi) is 4.76. The molecule has 2 aliphatic heterocycles. The first-order valence-corrected chi connectivity index (χ1v) is 6.73. The molecule has 2 N–H and O–H groups in total. The van der Waals surface area contributed by atoms with Crippen molar-refractivity contribution in [3.8, 4) is 0 Å². The number of carbonyl (C=O) groups excluding carboxylic acids is 1. The average molecular weight is 240 g/mol. The molecule has 0 bridgehead atoms. The Balaban J connectivity index is 1.88. The zero-order valence-electron chi connectivity index (χ0n) is 10.7. The Morgan fingerprint density at radius 1 is 1.00 bits per heavy atom. The van der Waals surface area contributed by atoms with Crippen molar-refractivity contribution >= 4 is 5.91 Å². The third kappa shape index (κ3) is 3.40. The molecule has 2 saturated heterocycles. The lowest BCUT2D eigenvalue weighted by Gasteiger charge is -2.34. The van der Waals surface area contributed by atoms with Crippen molar-refractivity contribution in [1.82, 2.24) is 20.4 Å². The van der Waals surface area contributed by atoms with E-state index in [0.29, 0.717) is 5.91 Å². The number of hydrogen-bond acceptors (Lipinski definition) is 4. The fourth-order valence-corrected chi connectivity index (χ4v) is 2.56. The molecule has 0 aliphatic carbocycles. The fraction of sp³-hybridized carbons (Fsp3) is 0.917. The van der Waals surface area contributed by atoms with E-state index >= 15 is 0 Å². The van der Waals surface area contributed by atoms with Crippen LogP contribution in [0.25, 0.3) is 0 Å². The van der Waals surface area contributed by atoms with Gasteiger partial charge in [0.15, 0.2) is 0 Å². The molecule has 0 aromatic rings. The highest BCUT2D eigenvalue weighted by Gasteiger charge is 2.26. The van der Waals surface area contributed by atoms with Gasteiger partial charge in [0.2, 0.25) is 5.91 Å². The lowest BCUT2D eigenvalue weighted by Crippen LogP contribution is -2.53. The Hall–Kier alpha value is -0.650. The summed E-state index contributed by atoms with van der Waals surface area (Å²) in [5.41, 5.74) is 0. The number of nitrogens with zero attached hydrogens (tertiary/aromatic N) is 2. The summed E-state index contributed by atoms with van der Waals surface area (Å²) in [6, 6.07) is 0.0352. The van der Waals surface area contributed by atoms with Crippen LogP contribution < -0.4 is 10.6 Å². The zero-order valence-corrected chi connectivity index (χ0v) is 10.7. The summed E-state index contributed by atoms with van der Waals surface area (Å²) < 4.78 is 0. The third-order valence-corrected chi connectivity index (χ3v) is 3.71. The SMILES string of the molecule is CC(C(=O)N1CCNCC1)N1CCCNCC1. The van der Waals surface area contributed by atoms with E-state index < -0.39 is 0 Å². The minimum atomic E-state index is 0.0352. The Morgan fingerprint density at radius 3 is 2.41 bits per heavy atom. The largest absolute Gasteiger partial charge is 0.339 e. The number of hydrogen-bond donors (Lipinski definition) is 2. The molecule has 0 spiro atoms. The summed E-state index contributed by atoms with van der Waals surface area (Å²) in [6.07, 6.45) is 1.14. The lowest BCUT2D eigenvalue weighted by atomic mass is 10.2. The minimum absolute atomic E-state index is 0.0352. The zero-order chi connectivity index (χ0) is 12.1. The molecule has 1 unspecified atom stereocenters. The fourth-order valence-electron chi connectivity index (χ4n) is 2.56. The Bertz CT molecular complexity index is 245. The topological polar surface area (TPSA) is 47.6 Å². The summed E-state index contributed by atoms with van der Waals surface area (Å²) in [7, 11) is 0. The number of piperazine rings is 1. The van der Waals surface area contributed by atoms with Crippen molar-refractivity contribution in [2.24, 2.45) is 0 Å². The molecule has 1 amide bonds. The van der Waals surface area contributed by atoms with Crippen molar-refractivity contribution in [1.29, 1.82) is 0 Å². The minimum Gasteiger partial charge on any atom is -0.339 e. The van der Waals surface area contributed by atoms with Gasteiger partial charge in [-0.1, -0.05) is 0 Å². The molecular formula is C12H24N4O. The van der Waals surface area contributed by atoms with Gasteiger partial charge in [0, 0.05) is 45.8 Å². The first kappa shape index (κ1) is 12.8. The van der Waals surface area contributed by atoms with Gasteiger partial charge in [0.1, 0.15) is 0 Å². The second-order valence-electron chi connectivity index (χ2n) is 4.89. The first-order valence-electron chi connectivity index (χ1n) is 6.73. The van der Waals surface area contributed by atoms with E-state index in [2.05, 4.69) is 22.5 Å². The van der Waals surface area contributed by atoms with Crippen LogP contribution in [-0.2, 0) is 4.79 Å². The van der Waals surface area contributed by atoms with Gasteiger partial charge in [-0.3, -0.25) is 9.69 Å². The highest BCUT2D eigenvalue weighted by molar-refractivity contribution is 5.81. The molecule has 2 heterocycles. The van der Waals surface area contributed by atoms with Crippen molar-refractivity contribution in [3.63, 3.8) is 0 Å². The molecule has 5 heteroatoms.